The van der Waals surface area contributed by atoms with Crippen molar-refractivity contribution in [3.05, 3.63) is 289 Å². The van der Waals surface area contributed by atoms with E-state index in [1.54, 1.807) is 0 Å². The average Bonchev–Trinajstić information content (AvgIpc) is 3.91. The van der Waals surface area contributed by atoms with Crippen LogP contribution in [0.25, 0.3) is 71.7 Å². The number of fused-ring (bicyclic) bond motifs is 5. The largest absolute Gasteiger partial charge is 0.456 e. The highest BCUT2D eigenvalue weighted by molar-refractivity contribution is 6.06. The van der Waals surface area contributed by atoms with Gasteiger partial charge < -0.3 is 9.32 Å². The first-order valence-electron chi connectivity index (χ1n) is 23.4. The Morgan fingerprint density at radius 3 is 1.75 bits per heavy atom. The molecule has 0 amide bonds. The van der Waals surface area contributed by atoms with Gasteiger partial charge in [-0.3, -0.25) is 0 Å². The number of hydrogen-bond donors (Lipinski definition) is 0. The fraction of sp³-hybridized carbons (Fsp3) is 0.0303. The van der Waals surface area contributed by atoms with Crippen molar-refractivity contribution in [1.82, 2.24) is 0 Å². The number of para-hydroxylation sites is 1. The molecule has 0 aliphatic heterocycles. The van der Waals surface area contributed by atoms with Crippen LogP contribution in [0, 0.1) is 0 Å². The smallest absolute Gasteiger partial charge is 0.135 e. The summed E-state index contributed by atoms with van der Waals surface area (Å²) < 4.78 is 6.25. The van der Waals surface area contributed by atoms with Gasteiger partial charge in [-0.25, -0.2) is 0 Å². The second kappa shape index (κ2) is 16.9. The molecule has 0 fully saturated rings. The zero-order valence-electron chi connectivity index (χ0n) is 37.8. The molecule has 1 aromatic heterocycles. The summed E-state index contributed by atoms with van der Waals surface area (Å²) in [5, 5.41) is 4.73. The highest BCUT2D eigenvalue weighted by atomic mass is 16.3. The van der Waals surface area contributed by atoms with Gasteiger partial charge in [0.1, 0.15) is 11.2 Å². The molecule has 11 aromatic rings. The molecule has 0 radical (unpaired) electrons. The van der Waals surface area contributed by atoms with E-state index in [1.165, 1.54) is 60.9 Å². The van der Waals surface area contributed by atoms with Crippen LogP contribution in [0.3, 0.4) is 0 Å². The highest BCUT2D eigenvalue weighted by Crippen LogP contribution is 2.58. The van der Waals surface area contributed by atoms with Crippen LogP contribution in [0.2, 0.25) is 0 Å². The summed E-state index contributed by atoms with van der Waals surface area (Å²) in [6, 6.07) is 85.9. The molecule has 2 nitrogen and oxygen atoms in total. The van der Waals surface area contributed by atoms with Gasteiger partial charge in [0.15, 0.2) is 0 Å². The Bertz CT molecular complexity index is 3700. The molecule has 12 rings (SSSR count). The third-order valence-corrected chi connectivity index (χ3v) is 14.0. The third kappa shape index (κ3) is 6.81. The van der Waals surface area contributed by atoms with E-state index in [4.69, 9.17) is 4.42 Å². The van der Waals surface area contributed by atoms with Gasteiger partial charge in [0.2, 0.25) is 0 Å². The fourth-order valence-electron chi connectivity index (χ4n) is 10.8. The molecular weight excluding hydrogens is 823 g/mol. The van der Waals surface area contributed by atoms with E-state index < -0.39 is 5.41 Å². The molecule has 0 unspecified atom stereocenters. The van der Waals surface area contributed by atoms with Crippen molar-refractivity contribution in [3.8, 4) is 33.4 Å². The molecule has 1 aliphatic rings. The van der Waals surface area contributed by atoms with E-state index >= 15 is 0 Å². The van der Waals surface area contributed by atoms with Gasteiger partial charge >= 0.3 is 0 Å². The second-order valence-corrected chi connectivity index (χ2v) is 17.7. The standard InChI is InChI=1S/C66H47NO/c1-3-4-25-58-45(2)66(54-20-7-5-8-21-54,55-22-9-6-10-23-55)61-27-16-28-62(65(58)61)67(57-24-15-19-51(43-57)53-38-41-64-60(44-53)59-26-13-14-29-63(59)68-64)56-39-36-48(37-40-56)47-30-32-49(33-31-47)52-35-34-46-17-11-12-18-50(46)42-52/h3-44H,1H2,2H3/b25-4-. The molecule has 10 aromatic carbocycles. The predicted molar refractivity (Wildman–Crippen MR) is 287 cm³/mol. The molecule has 0 bridgehead atoms. The Morgan fingerprint density at radius 2 is 1.01 bits per heavy atom. The summed E-state index contributed by atoms with van der Waals surface area (Å²) in [6.45, 7) is 6.43. The topological polar surface area (TPSA) is 16.4 Å². The summed E-state index contributed by atoms with van der Waals surface area (Å²) in [5.74, 6) is 0. The van der Waals surface area contributed by atoms with Gasteiger partial charge in [0.25, 0.3) is 0 Å². The quantitative estimate of drug-likeness (QED) is 0.127. The number of nitrogens with zero attached hydrogens (tertiary/aromatic N) is 1. The Labute approximate surface area is 397 Å². The summed E-state index contributed by atoms with van der Waals surface area (Å²) in [7, 11) is 0. The first-order valence-corrected chi connectivity index (χ1v) is 23.4. The molecule has 0 saturated carbocycles. The molecule has 322 valence electrons. The first kappa shape index (κ1) is 40.8. The number of furan rings is 1. The van der Waals surface area contributed by atoms with Crippen molar-refractivity contribution in [2.75, 3.05) is 4.90 Å². The monoisotopic (exact) mass is 869 g/mol. The highest BCUT2D eigenvalue weighted by Gasteiger charge is 2.46. The second-order valence-electron chi connectivity index (χ2n) is 17.7. The van der Waals surface area contributed by atoms with Crippen molar-refractivity contribution >= 4 is 55.3 Å². The maximum atomic E-state index is 6.25. The van der Waals surface area contributed by atoms with Gasteiger partial charge in [-0.05, 0) is 134 Å². The number of anilines is 3. The SMILES string of the molecule is C=C/C=C\C1=C(C)C(c2ccccc2)(c2ccccc2)c2cccc(N(c3ccc(-c4ccc(-c5ccc6ccccc6c5)cc4)cc3)c3cccc(-c4ccc5oc6ccccc6c5c4)c3)c21. The van der Waals surface area contributed by atoms with Crippen molar-refractivity contribution < 1.29 is 4.42 Å². The molecule has 1 heterocycles. The van der Waals surface area contributed by atoms with Crippen LogP contribution in [0.5, 0.6) is 0 Å². The van der Waals surface area contributed by atoms with Gasteiger partial charge in [-0.2, -0.15) is 0 Å². The summed E-state index contributed by atoms with van der Waals surface area (Å²) in [5.41, 5.74) is 18.8. The summed E-state index contributed by atoms with van der Waals surface area (Å²) in [4.78, 5) is 2.45. The van der Waals surface area contributed by atoms with Gasteiger partial charge in [0.05, 0.1) is 11.1 Å². The van der Waals surface area contributed by atoms with Crippen LogP contribution in [0.15, 0.2) is 271 Å². The molecule has 0 spiro atoms. The van der Waals surface area contributed by atoms with Crippen LogP contribution >= 0.6 is 0 Å². The van der Waals surface area contributed by atoms with Crippen LogP contribution in [-0.2, 0) is 5.41 Å². The molecule has 68 heavy (non-hydrogen) atoms. The Hall–Kier alpha value is -8.72. The lowest BCUT2D eigenvalue weighted by atomic mass is 9.67. The molecule has 0 atom stereocenters. The number of hydrogen-bond acceptors (Lipinski definition) is 2. The summed E-state index contributed by atoms with van der Waals surface area (Å²) >= 11 is 0. The van der Waals surface area contributed by atoms with Gasteiger partial charge in [-0.1, -0.05) is 207 Å². The van der Waals surface area contributed by atoms with Crippen molar-refractivity contribution in [3.63, 3.8) is 0 Å². The Kier molecular flexibility index (Phi) is 10.1. The van der Waals surface area contributed by atoms with E-state index in [0.717, 1.165) is 55.7 Å². The van der Waals surface area contributed by atoms with Crippen LogP contribution in [-0.4, -0.2) is 0 Å². The lowest BCUT2D eigenvalue weighted by molar-refractivity contribution is 0.669. The minimum absolute atomic E-state index is 0.534. The third-order valence-electron chi connectivity index (χ3n) is 14.0. The first-order chi connectivity index (χ1) is 33.6. The maximum absolute atomic E-state index is 6.25. The van der Waals surface area contributed by atoms with Gasteiger partial charge in [-0.15, -0.1) is 0 Å². The minimum Gasteiger partial charge on any atom is -0.456 e. The molecule has 2 heteroatoms. The summed E-state index contributed by atoms with van der Waals surface area (Å²) in [6.07, 6.45) is 6.20. The van der Waals surface area contributed by atoms with Crippen molar-refractivity contribution in [1.29, 1.82) is 0 Å². The van der Waals surface area contributed by atoms with E-state index in [0.29, 0.717) is 0 Å². The van der Waals surface area contributed by atoms with E-state index in [1.807, 2.05) is 18.2 Å². The van der Waals surface area contributed by atoms with Gasteiger partial charge in [0, 0.05) is 27.7 Å². The number of rotatable bonds is 10. The van der Waals surface area contributed by atoms with E-state index in [-0.39, 0.29) is 0 Å². The molecule has 0 saturated heterocycles. The van der Waals surface area contributed by atoms with Crippen LogP contribution in [0.1, 0.15) is 29.2 Å². The predicted octanol–water partition coefficient (Wildman–Crippen LogP) is 18.1. The molecule has 0 N–H and O–H groups in total. The molecular formula is C66H47NO. The Balaban J connectivity index is 1.03. The zero-order valence-corrected chi connectivity index (χ0v) is 37.8. The lowest BCUT2D eigenvalue weighted by Crippen LogP contribution is -2.29. The average molecular weight is 870 g/mol. The fourth-order valence-corrected chi connectivity index (χ4v) is 10.8. The van der Waals surface area contributed by atoms with Crippen molar-refractivity contribution in [2.45, 2.75) is 12.3 Å². The lowest BCUT2D eigenvalue weighted by Gasteiger charge is -2.35. The zero-order chi connectivity index (χ0) is 45.6. The number of benzene rings is 10. The van der Waals surface area contributed by atoms with Crippen LogP contribution < -0.4 is 4.90 Å². The van der Waals surface area contributed by atoms with E-state index in [9.17, 15) is 0 Å². The Morgan fingerprint density at radius 1 is 0.441 bits per heavy atom. The van der Waals surface area contributed by atoms with E-state index in [2.05, 4.69) is 255 Å². The minimum atomic E-state index is -0.534. The molecule has 1 aliphatic carbocycles. The van der Waals surface area contributed by atoms with Crippen molar-refractivity contribution in [2.24, 2.45) is 0 Å². The normalized spacial score (nSPS) is 13.1. The number of allylic oxidation sites excluding steroid dienone is 5. The maximum Gasteiger partial charge on any atom is 0.135 e. The van der Waals surface area contributed by atoms with Crippen LogP contribution in [0.4, 0.5) is 17.1 Å².